The Morgan fingerprint density at radius 3 is 2.64 bits per heavy atom. The van der Waals surface area contributed by atoms with E-state index in [0.29, 0.717) is 0 Å². The van der Waals surface area contributed by atoms with Crippen LogP contribution in [0.1, 0.15) is 18.6 Å². The van der Waals surface area contributed by atoms with E-state index in [1.807, 2.05) is 0 Å². The van der Waals surface area contributed by atoms with Crippen LogP contribution < -0.4 is 10.5 Å². The number of methoxy groups -OCH3 is 1. The highest BCUT2D eigenvalue weighted by Crippen LogP contribution is 2.25. The van der Waals surface area contributed by atoms with Crippen LogP contribution in [0, 0.1) is 5.82 Å². The van der Waals surface area contributed by atoms with E-state index < -0.39 is 18.0 Å². The molecule has 0 unspecified atom stereocenters. The number of hydrogen-bond donors (Lipinski definition) is 2. The number of nitrogens with two attached hydrogens (primary N) is 1. The lowest BCUT2D eigenvalue weighted by atomic mass is 10.0. The molecule has 0 aliphatic carbocycles. The van der Waals surface area contributed by atoms with Crippen LogP contribution in [-0.4, -0.2) is 18.3 Å². The summed E-state index contributed by atoms with van der Waals surface area (Å²) in [6.07, 6.45) is -1.01. The number of rotatable bonds is 3. The van der Waals surface area contributed by atoms with Gasteiger partial charge in [0.05, 0.1) is 13.2 Å². The summed E-state index contributed by atoms with van der Waals surface area (Å²) in [5.41, 5.74) is 5.64. The molecule has 0 aliphatic rings. The molecule has 1 aromatic rings. The summed E-state index contributed by atoms with van der Waals surface area (Å²) in [5.74, 6) is -0.443. The van der Waals surface area contributed by atoms with Crippen LogP contribution >= 0.6 is 0 Å². The predicted molar refractivity (Wildman–Crippen MR) is 51.6 cm³/mol. The Hall–Kier alpha value is -1.13. The van der Waals surface area contributed by atoms with Gasteiger partial charge in [-0.15, -0.1) is 0 Å². The van der Waals surface area contributed by atoms with Crippen molar-refractivity contribution in [3.05, 3.63) is 29.6 Å². The molecular weight excluding hydrogens is 185 g/mol. The molecule has 0 aliphatic heterocycles. The van der Waals surface area contributed by atoms with Crippen molar-refractivity contribution in [1.29, 1.82) is 0 Å². The van der Waals surface area contributed by atoms with Crippen molar-refractivity contribution in [2.75, 3.05) is 7.11 Å². The van der Waals surface area contributed by atoms with E-state index in [-0.39, 0.29) is 11.3 Å². The summed E-state index contributed by atoms with van der Waals surface area (Å²) in [6.45, 7) is 1.61. The third-order valence-corrected chi connectivity index (χ3v) is 2.03. The van der Waals surface area contributed by atoms with Gasteiger partial charge in [-0.2, -0.15) is 0 Å². The van der Waals surface area contributed by atoms with E-state index in [9.17, 15) is 9.50 Å². The minimum atomic E-state index is -1.01. The molecule has 14 heavy (non-hydrogen) atoms. The highest BCUT2D eigenvalue weighted by Gasteiger charge is 2.18. The first-order valence-corrected chi connectivity index (χ1v) is 4.34. The first kappa shape index (κ1) is 10.9. The molecule has 0 aromatic heterocycles. The van der Waals surface area contributed by atoms with Gasteiger partial charge in [-0.1, -0.05) is 12.1 Å². The fraction of sp³-hybridized carbons (Fsp3) is 0.400. The van der Waals surface area contributed by atoms with Gasteiger partial charge in [-0.3, -0.25) is 0 Å². The Morgan fingerprint density at radius 2 is 2.14 bits per heavy atom. The largest absolute Gasteiger partial charge is 0.494 e. The molecule has 0 heterocycles. The summed E-state index contributed by atoms with van der Waals surface area (Å²) >= 11 is 0. The van der Waals surface area contributed by atoms with Crippen LogP contribution in [0.4, 0.5) is 4.39 Å². The molecule has 0 saturated heterocycles. The standard InChI is InChI=1S/C10H14FNO2/c1-6(12)10(13)7-4-3-5-8(14-2)9(7)11/h3-6,10,13H,12H2,1-2H3/t6-,10-/m0/s1. The molecule has 0 bridgehead atoms. The normalized spacial score (nSPS) is 14.9. The lowest BCUT2D eigenvalue weighted by molar-refractivity contribution is 0.148. The van der Waals surface area contributed by atoms with E-state index in [0.717, 1.165) is 0 Å². The molecule has 0 amide bonds. The average molecular weight is 199 g/mol. The van der Waals surface area contributed by atoms with Crippen molar-refractivity contribution in [3.8, 4) is 5.75 Å². The van der Waals surface area contributed by atoms with Crippen molar-refractivity contribution in [2.45, 2.75) is 19.1 Å². The van der Waals surface area contributed by atoms with Crippen LogP contribution in [0.25, 0.3) is 0 Å². The first-order chi connectivity index (χ1) is 6.57. The SMILES string of the molecule is COc1cccc([C@@H](O)[C@H](C)N)c1F. The Morgan fingerprint density at radius 1 is 1.50 bits per heavy atom. The van der Waals surface area contributed by atoms with Gasteiger partial charge in [0.1, 0.15) is 0 Å². The molecule has 2 atom stereocenters. The van der Waals surface area contributed by atoms with E-state index in [1.54, 1.807) is 13.0 Å². The highest BCUT2D eigenvalue weighted by molar-refractivity contribution is 5.32. The summed E-state index contributed by atoms with van der Waals surface area (Å²) in [4.78, 5) is 0. The van der Waals surface area contributed by atoms with Crippen LogP contribution in [-0.2, 0) is 0 Å². The Balaban J connectivity index is 3.09. The number of benzene rings is 1. The fourth-order valence-corrected chi connectivity index (χ4v) is 1.20. The average Bonchev–Trinajstić information content (AvgIpc) is 2.17. The Labute approximate surface area is 82.3 Å². The minimum absolute atomic E-state index is 0.113. The maximum absolute atomic E-state index is 13.5. The maximum Gasteiger partial charge on any atom is 0.170 e. The van der Waals surface area contributed by atoms with Crippen LogP contribution in [0.3, 0.4) is 0 Å². The Kier molecular flexibility index (Phi) is 3.43. The summed E-state index contributed by atoms with van der Waals surface area (Å²) in [6, 6.07) is 4.08. The monoisotopic (exact) mass is 199 g/mol. The molecule has 0 radical (unpaired) electrons. The van der Waals surface area contributed by atoms with Gasteiger partial charge in [-0.25, -0.2) is 4.39 Å². The minimum Gasteiger partial charge on any atom is -0.494 e. The number of ether oxygens (including phenoxy) is 1. The van der Waals surface area contributed by atoms with Crippen LogP contribution in [0.5, 0.6) is 5.75 Å². The molecule has 1 aromatic carbocycles. The topological polar surface area (TPSA) is 55.5 Å². The summed E-state index contributed by atoms with van der Waals surface area (Å²) in [7, 11) is 1.38. The molecule has 3 nitrogen and oxygen atoms in total. The second kappa shape index (κ2) is 4.39. The number of aliphatic hydroxyl groups is 1. The van der Waals surface area contributed by atoms with Gasteiger partial charge in [0.25, 0.3) is 0 Å². The quantitative estimate of drug-likeness (QED) is 0.769. The zero-order chi connectivity index (χ0) is 10.7. The zero-order valence-corrected chi connectivity index (χ0v) is 8.20. The molecule has 0 spiro atoms. The van der Waals surface area contributed by atoms with Gasteiger partial charge < -0.3 is 15.6 Å². The van der Waals surface area contributed by atoms with Crippen molar-refractivity contribution in [1.82, 2.24) is 0 Å². The molecule has 78 valence electrons. The van der Waals surface area contributed by atoms with E-state index in [4.69, 9.17) is 10.5 Å². The molecule has 0 saturated carbocycles. The number of hydrogen-bond acceptors (Lipinski definition) is 3. The molecular formula is C10H14FNO2. The molecule has 3 N–H and O–H groups in total. The van der Waals surface area contributed by atoms with E-state index in [2.05, 4.69) is 0 Å². The summed E-state index contributed by atoms with van der Waals surface area (Å²) in [5, 5.41) is 9.58. The van der Waals surface area contributed by atoms with Gasteiger partial charge >= 0.3 is 0 Å². The van der Waals surface area contributed by atoms with Gasteiger partial charge in [0.2, 0.25) is 0 Å². The van der Waals surface area contributed by atoms with Gasteiger partial charge in [0, 0.05) is 11.6 Å². The van der Waals surface area contributed by atoms with E-state index >= 15 is 0 Å². The third kappa shape index (κ3) is 2.02. The predicted octanol–water partition coefficient (Wildman–Crippen LogP) is 1.21. The number of halogens is 1. The maximum atomic E-state index is 13.5. The van der Waals surface area contributed by atoms with Crippen LogP contribution in [0.2, 0.25) is 0 Å². The highest BCUT2D eigenvalue weighted by atomic mass is 19.1. The van der Waals surface area contributed by atoms with Gasteiger partial charge in [-0.05, 0) is 13.0 Å². The Bertz CT molecular complexity index is 315. The smallest absolute Gasteiger partial charge is 0.170 e. The fourth-order valence-electron chi connectivity index (χ4n) is 1.20. The van der Waals surface area contributed by atoms with Gasteiger partial charge in [0.15, 0.2) is 11.6 Å². The second-order valence-corrected chi connectivity index (χ2v) is 3.17. The van der Waals surface area contributed by atoms with Crippen molar-refractivity contribution in [2.24, 2.45) is 5.73 Å². The summed E-state index contributed by atoms with van der Waals surface area (Å²) < 4.78 is 18.3. The molecule has 4 heteroatoms. The third-order valence-electron chi connectivity index (χ3n) is 2.03. The lowest BCUT2D eigenvalue weighted by Gasteiger charge is -2.16. The molecule has 0 fully saturated rings. The van der Waals surface area contributed by atoms with E-state index in [1.165, 1.54) is 19.2 Å². The zero-order valence-electron chi connectivity index (χ0n) is 8.20. The van der Waals surface area contributed by atoms with Crippen molar-refractivity contribution >= 4 is 0 Å². The van der Waals surface area contributed by atoms with Crippen LogP contribution in [0.15, 0.2) is 18.2 Å². The first-order valence-electron chi connectivity index (χ1n) is 4.34. The van der Waals surface area contributed by atoms with Crippen molar-refractivity contribution in [3.63, 3.8) is 0 Å². The van der Waals surface area contributed by atoms with Crippen molar-refractivity contribution < 1.29 is 14.2 Å². The number of aliphatic hydroxyl groups excluding tert-OH is 1. The molecule has 1 rings (SSSR count). The second-order valence-electron chi connectivity index (χ2n) is 3.17. The lowest BCUT2D eigenvalue weighted by Crippen LogP contribution is -2.25.